The molecular formula is C11H11NO. The first kappa shape index (κ1) is 8.20. The van der Waals surface area contributed by atoms with Crippen molar-refractivity contribution in [2.75, 3.05) is 0 Å². The summed E-state index contributed by atoms with van der Waals surface area (Å²) in [7, 11) is 0. The Morgan fingerprint density at radius 1 is 1.31 bits per heavy atom. The lowest BCUT2D eigenvalue weighted by molar-refractivity contribution is 0.282. The van der Waals surface area contributed by atoms with Crippen molar-refractivity contribution in [1.82, 2.24) is 4.98 Å². The maximum atomic E-state index is 9.20. The van der Waals surface area contributed by atoms with E-state index in [2.05, 4.69) is 4.98 Å². The third kappa shape index (κ3) is 1.29. The number of aromatic nitrogens is 1. The Kier molecular flexibility index (Phi) is 1.99. The lowest BCUT2D eigenvalue weighted by atomic mass is 10.0. The van der Waals surface area contributed by atoms with Crippen LogP contribution in [0.25, 0.3) is 10.8 Å². The SMILES string of the molecule is Cc1ccc2cnccc2c1CO. The van der Waals surface area contributed by atoms with Gasteiger partial charge in [0.05, 0.1) is 6.61 Å². The number of hydrogen-bond donors (Lipinski definition) is 1. The Bertz CT molecular complexity index is 437. The molecule has 1 aromatic heterocycles. The highest BCUT2D eigenvalue weighted by atomic mass is 16.3. The molecule has 0 spiro atoms. The quantitative estimate of drug-likeness (QED) is 0.715. The van der Waals surface area contributed by atoms with E-state index < -0.39 is 0 Å². The molecule has 0 saturated carbocycles. The second-order valence-corrected chi connectivity index (χ2v) is 3.12. The second-order valence-electron chi connectivity index (χ2n) is 3.12. The van der Waals surface area contributed by atoms with Crippen molar-refractivity contribution in [3.63, 3.8) is 0 Å². The van der Waals surface area contributed by atoms with Crippen LogP contribution in [0.5, 0.6) is 0 Å². The standard InChI is InChI=1S/C11H11NO/c1-8-2-3-9-6-12-5-4-10(9)11(8)7-13/h2-6,13H,7H2,1H3. The minimum absolute atomic E-state index is 0.0905. The fourth-order valence-corrected chi connectivity index (χ4v) is 1.55. The average Bonchev–Trinajstić information content (AvgIpc) is 2.18. The van der Waals surface area contributed by atoms with E-state index in [-0.39, 0.29) is 6.61 Å². The summed E-state index contributed by atoms with van der Waals surface area (Å²) in [4.78, 5) is 4.04. The van der Waals surface area contributed by atoms with Crippen molar-refractivity contribution in [1.29, 1.82) is 0 Å². The van der Waals surface area contributed by atoms with Crippen molar-refractivity contribution in [3.05, 3.63) is 41.7 Å². The van der Waals surface area contributed by atoms with Crippen LogP contribution in [-0.4, -0.2) is 10.1 Å². The van der Waals surface area contributed by atoms with Gasteiger partial charge in [0.2, 0.25) is 0 Å². The number of pyridine rings is 1. The maximum absolute atomic E-state index is 9.20. The van der Waals surface area contributed by atoms with Gasteiger partial charge < -0.3 is 5.11 Å². The van der Waals surface area contributed by atoms with Gasteiger partial charge in [0.1, 0.15) is 0 Å². The minimum Gasteiger partial charge on any atom is -0.392 e. The van der Waals surface area contributed by atoms with Gasteiger partial charge in [-0.05, 0) is 29.5 Å². The van der Waals surface area contributed by atoms with Crippen LogP contribution >= 0.6 is 0 Å². The van der Waals surface area contributed by atoms with Crippen molar-refractivity contribution >= 4 is 10.8 Å². The summed E-state index contributed by atoms with van der Waals surface area (Å²) >= 11 is 0. The molecule has 0 bridgehead atoms. The van der Waals surface area contributed by atoms with Gasteiger partial charge >= 0.3 is 0 Å². The summed E-state index contributed by atoms with van der Waals surface area (Å²) in [6, 6.07) is 5.97. The van der Waals surface area contributed by atoms with Gasteiger partial charge in [-0.3, -0.25) is 4.98 Å². The van der Waals surface area contributed by atoms with Crippen molar-refractivity contribution in [3.8, 4) is 0 Å². The molecule has 0 amide bonds. The summed E-state index contributed by atoms with van der Waals surface area (Å²) in [6.07, 6.45) is 3.56. The fourth-order valence-electron chi connectivity index (χ4n) is 1.55. The highest BCUT2D eigenvalue weighted by Gasteiger charge is 2.02. The summed E-state index contributed by atoms with van der Waals surface area (Å²) in [5.74, 6) is 0. The van der Waals surface area contributed by atoms with E-state index in [0.29, 0.717) is 0 Å². The molecule has 0 aliphatic rings. The monoisotopic (exact) mass is 173 g/mol. The molecule has 0 aliphatic carbocycles. The molecule has 0 saturated heterocycles. The van der Waals surface area contributed by atoms with Crippen molar-refractivity contribution in [2.45, 2.75) is 13.5 Å². The maximum Gasteiger partial charge on any atom is 0.0690 e. The first-order chi connectivity index (χ1) is 6.33. The third-order valence-electron chi connectivity index (χ3n) is 2.32. The lowest BCUT2D eigenvalue weighted by Gasteiger charge is -2.06. The van der Waals surface area contributed by atoms with Crippen molar-refractivity contribution < 1.29 is 5.11 Å². The average molecular weight is 173 g/mol. The highest BCUT2D eigenvalue weighted by Crippen LogP contribution is 2.20. The van der Waals surface area contributed by atoms with Crippen LogP contribution in [0, 0.1) is 6.92 Å². The van der Waals surface area contributed by atoms with Gasteiger partial charge in [-0.15, -0.1) is 0 Å². The summed E-state index contributed by atoms with van der Waals surface area (Å²) in [5.41, 5.74) is 2.13. The molecule has 1 heterocycles. The molecule has 66 valence electrons. The Hall–Kier alpha value is -1.41. The van der Waals surface area contributed by atoms with Crippen LogP contribution in [0.4, 0.5) is 0 Å². The van der Waals surface area contributed by atoms with E-state index in [1.165, 1.54) is 0 Å². The second kappa shape index (κ2) is 3.15. The molecule has 1 N–H and O–H groups in total. The summed E-state index contributed by atoms with van der Waals surface area (Å²) < 4.78 is 0. The number of hydrogen-bond acceptors (Lipinski definition) is 2. The number of rotatable bonds is 1. The van der Waals surface area contributed by atoms with Crippen LogP contribution in [0.2, 0.25) is 0 Å². The third-order valence-corrected chi connectivity index (χ3v) is 2.32. The number of aliphatic hydroxyl groups is 1. The Morgan fingerprint density at radius 2 is 2.15 bits per heavy atom. The Labute approximate surface area is 76.9 Å². The molecule has 0 radical (unpaired) electrons. The van der Waals surface area contributed by atoms with Gasteiger partial charge in [-0.1, -0.05) is 12.1 Å². The molecule has 2 aromatic rings. The van der Waals surface area contributed by atoms with Gasteiger partial charge in [-0.25, -0.2) is 0 Å². The molecule has 2 nitrogen and oxygen atoms in total. The number of aliphatic hydroxyl groups excluding tert-OH is 1. The molecular weight excluding hydrogens is 162 g/mol. The van der Waals surface area contributed by atoms with Crippen LogP contribution in [0.3, 0.4) is 0 Å². The lowest BCUT2D eigenvalue weighted by Crippen LogP contribution is -1.90. The number of benzene rings is 1. The van der Waals surface area contributed by atoms with Crippen LogP contribution < -0.4 is 0 Å². The highest BCUT2D eigenvalue weighted by molar-refractivity contribution is 5.85. The van der Waals surface area contributed by atoms with Gasteiger partial charge in [-0.2, -0.15) is 0 Å². The number of aryl methyl sites for hydroxylation is 1. The first-order valence-electron chi connectivity index (χ1n) is 4.26. The fraction of sp³-hybridized carbons (Fsp3) is 0.182. The molecule has 13 heavy (non-hydrogen) atoms. The molecule has 0 aliphatic heterocycles. The van der Waals surface area contributed by atoms with E-state index in [0.717, 1.165) is 21.9 Å². The number of nitrogens with zero attached hydrogens (tertiary/aromatic N) is 1. The molecule has 2 rings (SSSR count). The Morgan fingerprint density at radius 3 is 2.92 bits per heavy atom. The molecule has 0 atom stereocenters. The van der Waals surface area contributed by atoms with E-state index in [4.69, 9.17) is 0 Å². The smallest absolute Gasteiger partial charge is 0.0690 e. The Balaban J connectivity index is 2.84. The number of fused-ring (bicyclic) bond motifs is 1. The predicted octanol–water partition coefficient (Wildman–Crippen LogP) is 2.04. The zero-order chi connectivity index (χ0) is 9.26. The largest absolute Gasteiger partial charge is 0.392 e. The zero-order valence-electron chi connectivity index (χ0n) is 7.49. The summed E-state index contributed by atoms with van der Waals surface area (Å²) in [5, 5.41) is 11.4. The molecule has 2 heteroatoms. The van der Waals surface area contributed by atoms with Gasteiger partial charge in [0, 0.05) is 17.8 Å². The minimum atomic E-state index is 0.0905. The van der Waals surface area contributed by atoms with Crippen LogP contribution in [0.1, 0.15) is 11.1 Å². The van der Waals surface area contributed by atoms with E-state index in [1.54, 1.807) is 6.20 Å². The van der Waals surface area contributed by atoms with Gasteiger partial charge in [0.15, 0.2) is 0 Å². The summed E-state index contributed by atoms with van der Waals surface area (Å²) in [6.45, 7) is 2.10. The predicted molar refractivity (Wildman–Crippen MR) is 52.4 cm³/mol. The first-order valence-corrected chi connectivity index (χ1v) is 4.26. The van der Waals surface area contributed by atoms with Gasteiger partial charge in [0.25, 0.3) is 0 Å². The van der Waals surface area contributed by atoms with Crippen molar-refractivity contribution in [2.24, 2.45) is 0 Å². The molecule has 1 aromatic carbocycles. The zero-order valence-corrected chi connectivity index (χ0v) is 7.49. The van der Waals surface area contributed by atoms with E-state index >= 15 is 0 Å². The van der Waals surface area contributed by atoms with Crippen LogP contribution in [-0.2, 0) is 6.61 Å². The molecule has 0 fully saturated rings. The van der Waals surface area contributed by atoms with E-state index in [9.17, 15) is 5.11 Å². The normalized spacial score (nSPS) is 10.6. The topological polar surface area (TPSA) is 33.1 Å². The molecule has 0 unspecified atom stereocenters. The van der Waals surface area contributed by atoms with E-state index in [1.807, 2.05) is 31.3 Å². The van der Waals surface area contributed by atoms with Crippen LogP contribution in [0.15, 0.2) is 30.6 Å².